The normalized spacial score (nSPS) is 46.1. The molecule has 0 aromatic rings. The zero-order valence-corrected chi connectivity index (χ0v) is 28.4. The number of aliphatic hydroxyl groups excluding tert-OH is 1. The van der Waals surface area contributed by atoms with Crippen molar-refractivity contribution in [3.8, 4) is 0 Å². The van der Waals surface area contributed by atoms with Crippen LogP contribution in [-0.2, 0) is 0 Å². The first-order chi connectivity index (χ1) is 21.6. The molecule has 1 aliphatic carbocycles. The lowest BCUT2D eigenvalue weighted by atomic mass is 9.72. The van der Waals surface area contributed by atoms with E-state index in [9.17, 15) is 9.90 Å². The van der Waals surface area contributed by atoms with E-state index < -0.39 is 36.7 Å². The number of hydrogen-bond donors (Lipinski definition) is 5. The second-order valence-electron chi connectivity index (χ2n) is 14.9. The van der Waals surface area contributed by atoms with Crippen molar-refractivity contribution in [1.29, 1.82) is 0 Å². The molecule has 5 aliphatic heterocycles. The van der Waals surface area contributed by atoms with Crippen LogP contribution in [0.15, 0.2) is 12.7 Å². The monoisotopic (exact) mass is 653 g/mol. The van der Waals surface area contributed by atoms with E-state index >= 15 is 8.78 Å². The van der Waals surface area contributed by atoms with Gasteiger partial charge in [0.1, 0.15) is 18.6 Å². The Bertz CT molecular complexity index is 1050. The number of thioether (sulfide) groups is 1. The number of nitrogens with one attached hydrogen (secondary N) is 4. The van der Waals surface area contributed by atoms with Crippen molar-refractivity contribution in [2.24, 2.45) is 17.8 Å². The predicted octanol–water partition coefficient (Wildman–Crippen LogP) is 2.87. The molecule has 12 unspecified atom stereocenters. The van der Waals surface area contributed by atoms with Crippen molar-refractivity contribution >= 4 is 17.8 Å². The molecule has 6 fully saturated rings. The van der Waals surface area contributed by atoms with Crippen molar-refractivity contribution in [2.75, 3.05) is 31.9 Å². The third-order valence-corrected chi connectivity index (χ3v) is 13.3. The molecule has 2 amide bonds. The molecule has 1 saturated carbocycles. The van der Waals surface area contributed by atoms with Crippen LogP contribution in [0, 0.1) is 17.8 Å². The summed E-state index contributed by atoms with van der Waals surface area (Å²) in [5.74, 6) is 0.576. The zero-order valence-electron chi connectivity index (χ0n) is 27.6. The van der Waals surface area contributed by atoms with Crippen molar-refractivity contribution in [1.82, 2.24) is 36.0 Å². The molecule has 256 valence electrons. The number of urea groups is 1. The SMILES string of the molecule is C=CC(O)N1C[C@H](C)N(C2NC(=O)N3C4NC(C(F)CC42)C2C(F)CCCC2NCCCSC2CCNC(C(C)C)C23)C[C@H]1C. The molecule has 5 saturated heterocycles. The summed E-state index contributed by atoms with van der Waals surface area (Å²) in [6, 6.07) is -0.795. The fraction of sp³-hybridized carbons (Fsp3) is 0.909. The van der Waals surface area contributed by atoms with Gasteiger partial charge in [-0.25, -0.2) is 13.6 Å². The summed E-state index contributed by atoms with van der Waals surface area (Å²) in [5.41, 5.74) is 0. The highest BCUT2D eigenvalue weighted by Gasteiger charge is 2.57. The van der Waals surface area contributed by atoms with Crippen LogP contribution in [0.3, 0.4) is 0 Å². The molecular weight excluding hydrogens is 596 g/mol. The van der Waals surface area contributed by atoms with E-state index in [0.29, 0.717) is 25.4 Å². The Kier molecular flexibility index (Phi) is 10.7. The molecule has 6 rings (SSSR count). The van der Waals surface area contributed by atoms with Gasteiger partial charge in [-0.05, 0) is 83.2 Å². The molecule has 6 aliphatic rings. The molecule has 0 radical (unpaired) electrons. The number of alkyl halides is 2. The standard InChI is InChI=1S/C33H57F2N7O2S/c1-6-26(43)40-16-20(5)41(17-19(40)4)31-21-15-23(35)29-27-22(34)9-7-10-24(27)36-12-8-14-45-25-11-13-37-28(18(2)3)30(25)42(32(21)38-29)33(44)39-31/h6,18-32,36-38,43H,1,7-17H2,2-5H3,(H,39,44)/t19-,20+,21?,22?,23?,24?,25?,26?,27?,28?,29?,30?,31?,32?/m1/s1. The zero-order chi connectivity index (χ0) is 32.0. The maximum atomic E-state index is 16.7. The molecule has 12 heteroatoms. The Hall–Kier alpha value is -1.02. The molecule has 0 aromatic carbocycles. The average molecular weight is 654 g/mol. The van der Waals surface area contributed by atoms with Crippen LogP contribution in [-0.4, -0.2) is 130 Å². The lowest BCUT2D eigenvalue weighted by Crippen LogP contribution is -2.80. The minimum absolute atomic E-state index is 0.0170. The van der Waals surface area contributed by atoms with Gasteiger partial charge in [0.25, 0.3) is 0 Å². The quantitative estimate of drug-likeness (QED) is 0.296. The largest absolute Gasteiger partial charge is 0.375 e. The number of amides is 2. The highest BCUT2D eigenvalue weighted by atomic mass is 32.2. The summed E-state index contributed by atoms with van der Waals surface area (Å²) >= 11 is 1.97. The lowest BCUT2D eigenvalue weighted by Gasteiger charge is -2.60. The van der Waals surface area contributed by atoms with Gasteiger partial charge in [-0.1, -0.05) is 20.4 Å². The van der Waals surface area contributed by atoms with Crippen molar-refractivity contribution in [3.63, 3.8) is 0 Å². The van der Waals surface area contributed by atoms with Crippen LogP contribution in [0.2, 0.25) is 0 Å². The summed E-state index contributed by atoms with van der Waals surface area (Å²) < 4.78 is 32.6. The third-order valence-electron chi connectivity index (χ3n) is 11.8. The third kappa shape index (κ3) is 6.55. The van der Waals surface area contributed by atoms with Crippen LogP contribution in [0.5, 0.6) is 0 Å². The van der Waals surface area contributed by atoms with E-state index in [0.717, 1.165) is 44.5 Å². The Morgan fingerprint density at radius 1 is 1.02 bits per heavy atom. The molecule has 14 atom stereocenters. The van der Waals surface area contributed by atoms with E-state index in [1.54, 1.807) is 6.08 Å². The fourth-order valence-electron chi connectivity index (χ4n) is 9.61. The topological polar surface area (TPSA) is 95.1 Å². The van der Waals surface area contributed by atoms with E-state index in [1.807, 2.05) is 21.6 Å². The van der Waals surface area contributed by atoms with Gasteiger partial charge in [0.2, 0.25) is 0 Å². The highest BCUT2D eigenvalue weighted by molar-refractivity contribution is 7.99. The van der Waals surface area contributed by atoms with Crippen molar-refractivity contribution in [2.45, 2.75) is 139 Å². The number of carbonyl (C=O) groups is 1. The number of nitrogens with zero attached hydrogens (tertiary/aromatic N) is 3. The molecule has 0 aromatic heterocycles. The molecule has 45 heavy (non-hydrogen) atoms. The molecule has 5 N–H and O–H groups in total. The van der Waals surface area contributed by atoms with E-state index in [1.165, 1.54) is 0 Å². The highest BCUT2D eigenvalue weighted by Crippen LogP contribution is 2.43. The Labute approximate surface area is 273 Å². The minimum atomic E-state index is -1.23. The maximum Gasteiger partial charge on any atom is 0.320 e. The Morgan fingerprint density at radius 3 is 2.58 bits per heavy atom. The van der Waals surface area contributed by atoms with Crippen LogP contribution >= 0.6 is 11.8 Å². The second kappa shape index (κ2) is 14.2. The van der Waals surface area contributed by atoms with E-state index in [-0.39, 0.29) is 60.0 Å². The van der Waals surface area contributed by atoms with Gasteiger partial charge in [-0.3, -0.25) is 15.1 Å². The summed E-state index contributed by atoms with van der Waals surface area (Å²) in [5, 5.41) is 25.4. The van der Waals surface area contributed by atoms with E-state index in [2.05, 4.69) is 60.4 Å². The Morgan fingerprint density at radius 2 is 1.82 bits per heavy atom. The van der Waals surface area contributed by atoms with Crippen LogP contribution in [0.1, 0.15) is 66.2 Å². The van der Waals surface area contributed by atoms with Gasteiger partial charge in [0.05, 0.1) is 18.4 Å². The van der Waals surface area contributed by atoms with Crippen LogP contribution in [0.25, 0.3) is 0 Å². The summed E-state index contributed by atoms with van der Waals surface area (Å²) in [4.78, 5) is 20.9. The molecule has 9 nitrogen and oxygen atoms in total. The Balaban J connectivity index is 1.38. The van der Waals surface area contributed by atoms with Gasteiger partial charge in [0.15, 0.2) is 0 Å². The van der Waals surface area contributed by atoms with Gasteiger partial charge in [-0.2, -0.15) is 11.8 Å². The number of carbonyl (C=O) groups excluding carboxylic acids is 1. The molecule has 0 spiro atoms. The smallest absolute Gasteiger partial charge is 0.320 e. The first kappa shape index (κ1) is 33.9. The van der Waals surface area contributed by atoms with Crippen molar-refractivity contribution in [3.05, 3.63) is 12.7 Å². The molecular formula is C33H57F2N7O2S. The fourth-order valence-corrected chi connectivity index (χ4v) is 11.0. The summed E-state index contributed by atoms with van der Waals surface area (Å²) in [7, 11) is 0. The maximum absolute atomic E-state index is 16.7. The summed E-state index contributed by atoms with van der Waals surface area (Å²) in [6.07, 6.45) is 2.04. The number of piperidine rings is 2. The summed E-state index contributed by atoms with van der Waals surface area (Å²) in [6.45, 7) is 15.3. The number of aliphatic hydroxyl groups is 1. The number of fused-ring (bicyclic) bond motifs is 5. The number of hydrogen-bond acceptors (Lipinski definition) is 8. The van der Waals surface area contributed by atoms with Gasteiger partial charge >= 0.3 is 6.03 Å². The van der Waals surface area contributed by atoms with Crippen LogP contribution < -0.4 is 21.3 Å². The van der Waals surface area contributed by atoms with Gasteiger partial charge < -0.3 is 26.0 Å². The molecule has 5 heterocycles. The first-order valence-electron chi connectivity index (χ1n) is 17.6. The van der Waals surface area contributed by atoms with E-state index in [4.69, 9.17) is 0 Å². The van der Waals surface area contributed by atoms with Crippen LogP contribution in [0.4, 0.5) is 13.6 Å². The number of halogens is 2. The average Bonchev–Trinajstić information content (AvgIpc) is 3.02. The lowest BCUT2D eigenvalue weighted by molar-refractivity contribution is -0.110. The predicted molar refractivity (Wildman–Crippen MR) is 176 cm³/mol. The first-order valence-corrected chi connectivity index (χ1v) is 18.7. The van der Waals surface area contributed by atoms with Gasteiger partial charge in [0, 0.05) is 60.4 Å². The molecule has 2 bridgehead atoms. The minimum Gasteiger partial charge on any atom is -0.375 e. The van der Waals surface area contributed by atoms with Crippen molar-refractivity contribution < 1.29 is 18.7 Å². The van der Waals surface area contributed by atoms with Gasteiger partial charge in [-0.15, -0.1) is 0 Å². The number of rotatable bonds is 4. The second-order valence-corrected chi connectivity index (χ2v) is 16.3. The number of piperazine rings is 1.